The summed E-state index contributed by atoms with van der Waals surface area (Å²) in [6.07, 6.45) is 4.48. The first-order valence-corrected chi connectivity index (χ1v) is 7.07. The SMILES string of the molecule is O=C(Cn1cnc2cc(F)ccc2c1=O)N1CCCCC1. The van der Waals surface area contributed by atoms with Crippen LogP contribution in [0.5, 0.6) is 0 Å². The number of piperidine rings is 1. The summed E-state index contributed by atoms with van der Waals surface area (Å²) in [5, 5.41) is 0.324. The van der Waals surface area contributed by atoms with E-state index < -0.39 is 5.82 Å². The minimum absolute atomic E-state index is 0.0147. The van der Waals surface area contributed by atoms with E-state index in [4.69, 9.17) is 0 Å². The molecule has 0 saturated carbocycles. The quantitative estimate of drug-likeness (QED) is 0.843. The molecule has 0 radical (unpaired) electrons. The van der Waals surface area contributed by atoms with E-state index in [-0.39, 0.29) is 18.0 Å². The summed E-state index contributed by atoms with van der Waals surface area (Å²) in [4.78, 5) is 30.3. The molecule has 0 spiro atoms. The van der Waals surface area contributed by atoms with E-state index in [1.165, 1.54) is 29.1 Å². The van der Waals surface area contributed by atoms with Crippen molar-refractivity contribution in [3.63, 3.8) is 0 Å². The number of halogens is 1. The van der Waals surface area contributed by atoms with Crippen LogP contribution in [-0.2, 0) is 11.3 Å². The molecule has 1 aliphatic rings. The number of nitrogens with zero attached hydrogens (tertiary/aromatic N) is 3. The first kappa shape index (κ1) is 13.7. The molecule has 3 rings (SSSR count). The Kier molecular flexibility index (Phi) is 3.68. The third kappa shape index (κ3) is 2.79. The molecular formula is C15H16FN3O2. The van der Waals surface area contributed by atoms with Gasteiger partial charge >= 0.3 is 0 Å². The predicted molar refractivity (Wildman–Crippen MR) is 76.4 cm³/mol. The fourth-order valence-corrected chi connectivity index (χ4v) is 2.63. The third-order valence-corrected chi connectivity index (χ3v) is 3.80. The number of hydrogen-bond acceptors (Lipinski definition) is 3. The van der Waals surface area contributed by atoms with E-state index in [1.807, 2.05) is 0 Å². The first-order chi connectivity index (χ1) is 10.1. The second-order valence-electron chi connectivity index (χ2n) is 5.28. The molecular weight excluding hydrogens is 273 g/mol. The molecule has 110 valence electrons. The van der Waals surface area contributed by atoms with Crippen molar-refractivity contribution >= 4 is 16.8 Å². The van der Waals surface area contributed by atoms with Crippen molar-refractivity contribution < 1.29 is 9.18 Å². The number of aromatic nitrogens is 2. The van der Waals surface area contributed by atoms with E-state index in [1.54, 1.807) is 4.90 Å². The molecule has 2 aromatic rings. The van der Waals surface area contributed by atoms with Crippen molar-refractivity contribution in [1.82, 2.24) is 14.5 Å². The van der Waals surface area contributed by atoms with Crippen molar-refractivity contribution in [1.29, 1.82) is 0 Å². The Bertz CT molecular complexity index is 735. The van der Waals surface area contributed by atoms with E-state index in [9.17, 15) is 14.0 Å². The molecule has 5 nitrogen and oxygen atoms in total. The second kappa shape index (κ2) is 5.63. The molecule has 2 heterocycles. The van der Waals surface area contributed by atoms with Crippen LogP contribution in [0, 0.1) is 5.82 Å². The number of hydrogen-bond donors (Lipinski definition) is 0. The van der Waals surface area contributed by atoms with Crippen LogP contribution in [0.15, 0.2) is 29.3 Å². The number of benzene rings is 1. The van der Waals surface area contributed by atoms with E-state index >= 15 is 0 Å². The summed E-state index contributed by atoms with van der Waals surface area (Å²) in [6.45, 7) is 1.48. The molecule has 6 heteroatoms. The van der Waals surface area contributed by atoms with Gasteiger partial charge in [-0.1, -0.05) is 0 Å². The van der Waals surface area contributed by atoms with Gasteiger partial charge in [0.1, 0.15) is 12.4 Å². The largest absolute Gasteiger partial charge is 0.341 e. The highest BCUT2D eigenvalue weighted by molar-refractivity contribution is 5.79. The molecule has 21 heavy (non-hydrogen) atoms. The summed E-state index contributed by atoms with van der Waals surface area (Å²) in [5.74, 6) is -0.503. The molecule has 1 aliphatic heterocycles. The number of likely N-dealkylation sites (tertiary alicyclic amines) is 1. The lowest BCUT2D eigenvalue weighted by molar-refractivity contribution is -0.132. The normalized spacial score (nSPS) is 15.4. The Balaban J connectivity index is 1.87. The maximum atomic E-state index is 13.1. The van der Waals surface area contributed by atoms with Gasteiger partial charge in [-0.05, 0) is 31.4 Å². The second-order valence-corrected chi connectivity index (χ2v) is 5.28. The summed E-state index contributed by atoms with van der Waals surface area (Å²) in [6, 6.07) is 3.84. The zero-order chi connectivity index (χ0) is 14.8. The molecule has 0 atom stereocenters. The van der Waals surface area contributed by atoms with Gasteiger partial charge in [0.2, 0.25) is 5.91 Å². The van der Waals surface area contributed by atoms with Crippen molar-refractivity contribution in [2.24, 2.45) is 0 Å². The maximum absolute atomic E-state index is 13.1. The van der Waals surface area contributed by atoms with Crippen LogP contribution in [0.25, 0.3) is 10.9 Å². The highest BCUT2D eigenvalue weighted by Gasteiger charge is 2.17. The van der Waals surface area contributed by atoms with Crippen LogP contribution in [0.1, 0.15) is 19.3 Å². The topological polar surface area (TPSA) is 55.2 Å². The Morgan fingerprint density at radius 1 is 1.24 bits per heavy atom. The zero-order valence-electron chi connectivity index (χ0n) is 11.6. The van der Waals surface area contributed by atoms with Crippen LogP contribution in [0.3, 0.4) is 0 Å². The summed E-state index contributed by atoms with van der Waals surface area (Å²) in [5.41, 5.74) is -0.00738. The molecule has 0 aliphatic carbocycles. The van der Waals surface area contributed by atoms with Crippen molar-refractivity contribution in [2.45, 2.75) is 25.8 Å². The van der Waals surface area contributed by atoms with Gasteiger partial charge in [-0.25, -0.2) is 9.37 Å². The molecule has 1 aromatic carbocycles. The van der Waals surface area contributed by atoms with E-state index in [0.717, 1.165) is 32.4 Å². The summed E-state index contributed by atoms with van der Waals surface area (Å²) in [7, 11) is 0. The average molecular weight is 289 g/mol. The third-order valence-electron chi connectivity index (χ3n) is 3.80. The Hall–Kier alpha value is -2.24. The fraction of sp³-hybridized carbons (Fsp3) is 0.400. The van der Waals surface area contributed by atoms with Gasteiger partial charge in [0.25, 0.3) is 5.56 Å². The van der Waals surface area contributed by atoms with Gasteiger partial charge in [-0.3, -0.25) is 14.2 Å². The average Bonchev–Trinajstić information content (AvgIpc) is 2.51. The van der Waals surface area contributed by atoms with Crippen molar-refractivity contribution in [2.75, 3.05) is 13.1 Å². The Morgan fingerprint density at radius 3 is 2.76 bits per heavy atom. The first-order valence-electron chi connectivity index (χ1n) is 7.07. The molecule has 0 unspecified atom stereocenters. The Morgan fingerprint density at radius 2 is 2.00 bits per heavy atom. The van der Waals surface area contributed by atoms with Crippen molar-refractivity contribution in [3.8, 4) is 0 Å². The standard InChI is InChI=1S/C15H16FN3O2/c16-11-4-5-12-13(8-11)17-10-19(15(12)21)9-14(20)18-6-2-1-3-7-18/h4-5,8,10H,1-3,6-7,9H2. The lowest BCUT2D eigenvalue weighted by Crippen LogP contribution is -2.39. The summed E-state index contributed by atoms with van der Waals surface area (Å²) >= 11 is 0. The van der Waals surface area contributed by atoms with Gasteiger partial charge in [0.15, 0.2) is 0 Å². The number of carbonyl (C=O) groups is 1. The van der Waals surface area contributed by atoms with Gasteiger partial charge < -0.3 is 4.90 Å². The number of amides is 1. The Labute approximate surface area is 121 Å². The number of rotatable bonds is 2. The van der Waals surface area contributed by atoms with Gasteiger partial charge in [0.05, 0.1) is 17.2 Å². The van der Waals surface area contributed by atoms with Crippen LogP contribution < -0.4 is 5.56 Å². The lowest BCUT2D eigenvalue weighted by atomic mass is 10.1. The monoisotopic (exact) mass is 289 g/mol. The zero-order valence-corrected chi connectivity index (χ0v) is 11.6. The molecule has 0 bridgehead atoms. The smallest absolute Gasteiger partial charge is 0.261 e. The van der Waals surface area contributed by atoms with E-state index in [2.05, 4.69) is 4.98 Å². The minimum atomic E-state index is -0.434. The predicted octanol–water partition coefficient (Wildman–Crippen LogP) is 1.55. The fourth-order valence-electron chi connectivity index (χ4n) is 2.63. The number of fused-ring (bicyclic) bond motifs is 1. The van der Waals surface area contributed by atoms with Gasteiger partial charge in [0, 0.05) is 19.2 Å². The molecule has 1 amide bonds. The number of carbonyl (C=O) groups excluding carboxylic acids is 1. The highest BCUT2D eigenvalue weighted by atomic mass is 19.1. The molecule has 0 N–H and O–H groups in total. The van der Waals surface area contributed by atoms with Crippen LogP contribution in [-0.4, -0.2) is 33.4 Å². The lowest BCUT2D eigenvalue weighted by Gasteiger charge is -2.26. The molecule has 1 aromatic heterocycles. The van der Waals surface area contributed by atoms with Crippen LogP contribution in [0.2, 0.25) is 0 Å². The van der Waals surface area contributed by atoms with Crippen LogP contribution >= 0.6 is 0 Å². The van der Waals surface area contributed by atoms with Gasteiger partial charge in [-0.15, -0.1) is 0 Å². The van der Waals surface area contributed by atoms with E-state index in [0.29, 0.717) is 10.9 Å². The highest BCUT2D eigenvalue weighted by Crippen LogP contribution is 2.10. The van der Waals surface area contributed by atoms with Crippen molar-refractivity contribution in [3.05, 3.63) is 40.7 Å². The summed E-state index contributed by atoms with van der Waals surface area (Å²) < 4.78 is 14.4. The minimum Gasteiger partial charge on any atom is -0.341 e. The van der Waals surface area contributed by atoms with Gasteiger partial charge in [-0.2, -0.15) is 0 Å². The van der Waals surface area contributed by atoms with Crippen LogP contribution in [0.4, 0.5) is 4.39 Å². The molecule has 1 saturated heterocycles. The maximum Gasteiger partial charge on any atom is 0.261 e. The molecule has 1 fully saturated rings.